The van der Waals surface area contributed by atoms with E-state index in [0.717, 1.165) is 19.3 Å². The molecule has 1 nitrogen and oxygen atoms in total. The van der Waals surface area contributed by atoms with Crippen molar-refractivity contribution in [3.8, 4) is 0 Å². The first-order chi connectivity index (χ1) is 6.81. The zero-order valence-electron chi connectivity index (χ0n) is 10.00. The third-order valence-electron chi connectivity index (χ3n) is 2.20. The van der Waals surface area contributed by atoms with Gasteiger partial charge in [0.1, 0.15) is 0 Å². The van der Waals surface area contributed by atoms with Crippen molar-refractivity contribution >= 4 is 0 Å². The maximum Gasteiger partial charge on any atom is 0.0537 e. The molecule has 0 aliphatic heterocycles. The molecule has 1 aliphatic carbocycles. The Kier molecular flexibility index (Phi) is 16.9. The van der Waals surface area contributed by atoms with Gasteiger partial charge in [-0.1, -0.05) is 33.1 Å². The molecule has 1 unspecified atom stereocenters. The van der Waals surface area contributed by atoms with Crippen LogP contribution in [-0.4, -0.2) is 11.2 Å². The maximum absolute atomic E-state index is 9.08. The van der Waals surface area contributed by atoms with Crippen molar-refractivity contribution in [2.75, 3.05) is 0 Å². The molecule has 1 aliphatic rings. The zero-order valence-corrected chi connectivity index (χ0v) is 12.5. The van der Waals surface area contributed by atoms with E-state index in [1.165, 1.54) is 19.3 Å². The molecule has 0 radical (unpaired) electrons. The molecule has 1 rings (SSSR count). The number of allylic oxidation sites excluding steroid dienone is 4. The van der Waals surface area contributed by atoms with Gasteiger partial charge >= 0.3 is 0 Å². The molecule has 0 aromatic rings. The van der Waals surface area contributed by atoms with E-state index in [-0.39, 0.29) is 32.3 Å². The second-order valence-electron chi connectivity index (χ2n) is 3.56. The molecule has 0 saturated carbocycles. The number of aliphatic hydroxyl groups excluding tert-OH is 1. The first-order valence-electron chi connectivity index (χ1n) is 5.71. The zero-order chi connectivity index (χ0) is 10.6. The Balaban J connectivity index is 0. The number of rotatable bonds is 5. The third-order valence-corrected chi connectivity index (χ3v) is 2.20. The van der Waals surface area contributed by atoms with Crippen LogP contribution in [0.5, 0.6) is 0 Å². The van der Waals surface area contributed by atoms with E-state index < -0.39 is 0 Å². The molecule has 0 spiro atoms. The SMILES string of the molecule is CCCCCC(O)CC.[C-]1=CC=CC1.[Zr]. The van der Waals surface area contributed by atoms with Crippen LogP contribution in [0.3, 0.4) is 0 Å². The molecule has 2 heteroatoms. The second kappa shape index (κ2) is 14.3. The Morgan fingerprint density at radius 3 is 2.40 bits per heavy atom. The Bertz CT molecular complexity index is 154. The summed E-state index contributed by atoms with van der Waals surface area (Å²) in [5.74, 6) is 0. The van der Waals surface area contributed by atoms with Gasteiger partial charge in [-0.3, -0.25) is 6.08 Å². The standard InChI is InChI=1S/C8H18O.C5H5.Zr/c1-3-5-6-7-8(9)4-2;1-2-4-5-3-1;/h8-9H,3-7H2,1-2H3;1-3H,4H2;/q;-1;. The van der Waals surface area contributed by atoms with Gasteiger partial charge in [-0.25, -0.2) is 12.2 Å². The van der Waals surface area contributed by atoms with Gasteiger partial charge in [0.2, 0.25) is 0 Å². The van der Waals surface area contributed by atoms with Crippen LogP contribution >= 0.6 is 0 Å². The number of aliphatic hydroxyl groups is 1. The minimum atomic E-state index is -0.0449. The van der Waals surface area contributed by atoms with E-state index in [1.807, 2.05) is 19.1 Å². The van der Waals surface area contributed by atoms with Gasteiger partial charge in [0.05, 0.1) is 6.10 Å². The molecule has 0 amide bonds. The largest absolute Gasteiger partial charge is 0.393 e. The summed E-state index contributed by atoms with van der Waals surface area (Å²) in [6.07, 6.45) is 15.5. The predicted molar refractivity (Wildman–Crippen MR) is 62.0 cm³/mol. The summed E-state index contributed by atoms with van der Waals surface area (Å²) >= 11 is 0. The molecular formula is C13H23OZr-. The normalized spacial score (nSPS) is 14.1. The number of unbranched alkanes of at least 4 members (excludes halogenated alkanes) is 2. The second-order valence-corrected chi connectivity index (χ2v) is 3.56. The van der Waals surface area contributed by atoms with Crippen molar-refractivity contribution in [1.29, 1.82) is 0 Å². The van der Waals surface area contributed by atoms with Crippen molar-refractivity contribution in [2.45, 2.75) is 58.5 Å². The first kappa shape index (κ1) is 17.7. The molecule has 1 N–H and O–H groups in total. The summed E-state index contributed by atoms with van der Waals surface area (Å²) in [6.45, 7) is 4.20. The van der Waals surface area contributed by atoms with Gasteiger partial charge in [-0.05, 0) is 12.8 Å². The molecule has 15 heavy (non-hydrogen) atoms. The van der Waals surface area contributed by atoms with Gasteiger partial charge in [0, 0.05) is 26.2 Å². The van der Waals surface area contributed by atoms with Crippen molar-refractivity contribution in [3.05, 3.63) is 24.3 Å². The number of hydrogen-bond donors (Lipinski definition) is 1. The molecule has 0 bridgehead atoms. The summed E-state index contributed by atoms with van der Waals surface area (Å²) in [4.78, 5) is 0. The minimum absolute atomic E-state index is 0. The average molecular weight is 287 g/mol. The van der Waals surface area contributed by atoms with Gasteiger partial charge < -0.3 is 5.11 Å². The number of hydrogen-bond acceptors (Lipinski definition) is 1. The van der Waals surface area contributed by atoms with E-state index >= 15 is 0 Å². The average Bonchev–Trinajstić information content (AvgIpc) is 2.76. The molecule has 0 aromatic heterocycles. The Morgan fingerprint density at radius 2 is 2.07 bits per heavy atom. The fourth-order valence-electron chi connectivity index (χ4n) is 1.17. The van der Waals surface area contributed by atoms with Crippen LogP contribution in [0.4, 0.5) is 0 Å². The summed E-state index contributed by atoms with van der Waals surface area (Å²) in [5.41, 5.74) is 0. The molecule has 0 heterocycles. The van der Waals surface area contributed by atoms with Crippen molar-refractivity contribution in [3.63, 3.8) is 0 Å². The maximum atomic E-state index is 9.08. The summed E-state index contributed by atoms with van der Waals surface area (Å²) in [7, 11) is 0. The van der Waals surface area contributed by atoms with Crippen LogP contribution in [-0.2, 0) is 26.2 Å². The third kappa shape index (κ3) is 14.3. The Labute approximate surface area is 114 Å². The van der Waals surface area contributed by atoms with Crippen LogP contribution in [0.1, 0.15) is 52.4 Å². The summed E-state index contributed by atoms with van der Waals surface area (Å²) < 4.78 is 0. The molecule has 0 fully saturated rings. The molecule has 1 atom stereocenters. The fraction of sp³-hybridized carbons (Fsp3) is 0.692. The van der Waals surface area contributed by atoms with Crippen LogP contribution in [0.25, 0.3) is 0 Å². The van der Waals surface area contributed by atoms with Crippen LogP contribution in [0.15, 0.2) is 18.2 Å². The molecule has 86 valence electrons. The van der Waals surface area contributed by atoms with Gasteiger partial charge in [-0.2, -0.15) is 6.08 Å². The topological polar surface area (TPSA) is 20.2 Å². The van der Waals surface area contributed by atoms with E-state index in [9.17, 15) is 0 Å². The van der Waals surface area contributed by atoms with Gasteiger partial charge in [0.25, 0.3) is 0 Å². The fourth-order valence-corrected chi connectivity index (χ4v) is 1.17. The summed E-state index contributed by atoms with van der Waals surface area (Å²) in [6, 6.07) is 0. The van der Waals surface area contributed by atoms with Crippen LogP contribution < -0.4 is 0 Å². The van der Waals surface area contributed by atoms with Crippen LogP contribution in [0, 0.1) is 6.08 Å². The van der Waals surface area contributed by atoms with Crippen LogP contribution in [0.2, 0.25) is 0 Å². The predicted octanol–water partition coefficient (Wildman–Crippen LogP) is 3.64. The molecule has 0 saturated heterocycles. The minimum Gasteiger partial charge on any atom is -0.393 e. The van der Waals surface area contributed by atoms with E-state index in [4.69, 9.17) is 5.11 Å². The quantitative estimate of drug-likeness (QED) is 0.604. The van der Waals surface area contributed by atoms with E-state index in [0.29, 0.717) is 0 Å². The summed E-state index contributed by atoms with van der Waals surface area (Å²) in [5, 5.41) is 9.08. The molecular weight excluding hydrogens is 263 g/mol. The Hall–Kier alpha value is 0.323. The van der Waals surface area contributed by atoms with E-state index in [1.54, 1.807) is 0 Å². The smallest absolute Gasteiger partial charge is 0.0537 e. The Morgan fingerprint density at radius 1 is 1.33 bits per heavy atom. The van der Waals surface area contributed by atoms with Crippen molar-refractivity contribution < 1.29 is 31.3 Å². The van der Waals surface area contributed by atoms with Gasteiger partial charge in [-0.15, -0.1) is 6.42 Å². The monoisotopic (exact) mass is 285 g/mol. The first-order valence-corrected chi connectivity index (χ1v) is 5.71. The van der Waals surface area contributed by atoms with Gasteiger partial charge in [0.15, 0.2) is 0 Å². The van der Waals surface area contributed by atoms with E-state index in [2.05, 4.69) is 19.1 Å². The van der Waals surface area contributed by atoms with Crippen molar-refractivity contribution in [2.24, 2.45) is 0 Å². The molecule has 0 aromatic carbocycles. The van der Waals surface area contributed by atoms with Crippen molar-refractivity contribution in [1.82, 2.24) is 0 Å².